The first-order chi connectivity index (χ1) is 15.5. The summed E-state index contributed by atoms with van der Waals surface area (Å²) in [5.41, 5.74) is 4.28. The van der Waals surface area contributed by atoms with Crippen LogP contribution in [0.2, 0.25) is 0 Å². The zero-order valence-corrected chi connectivity index (χ0v) is 18.8. The molecule has 0 saturated heterocycles. The van der Waals surface area contributed by atoms with Crippen LogP contribution in [-0.2, 0) is 16.8 Å². The van der Waals surface area contributed by atoms with E-state index < -0.39 is 5.54 Å². The van der Waals surface area contributed by atoms with Gasteiger partial charge >= 0.3 is 0 Å². The van der Waals surface area contributed by atoms with Crippen LogP contribution in [0.25, 0.3) is 16.6 Å². The normalized spacial score (nSPS) is 16.0. The van der Waals surface area contributed by atoms with Gasteiger partial charge in [0.25, 0.3) is 0 Å². The number of carbonyl (C=O) groups excluding carboxylic acids is 1. The SMILES string of the molecule is Cc1nc(C2(NC(=O)CCc3c(C)nc4c5ccccc5nn4c3C)CCCCC2)no1. The second-order valence-electron chi connectivity index (χ2n) is 8.84. The minimum atomic E-state index is -0.529. The van der Waals surface area contributed by atoms with Crippen LogP contribution in [0.4, 0.5) is 0 Å². The highest BCUT2D eigenvalue weighted by molar-refractivity contribution is 5.92. The van der Waals surface area contributed by atoms with Crippen LogP contribution in [0.15, 0.2) is 28.8 Å². The van der Waals surface area contributed by atoms with E-state index >= 15 is 0 Å². The molecular weight excluding hydrogens is 404 g/mol. The summed E-state index contributed by atoms with van der Waals surface area (Å²) in [6.45, 7) is 5.83. The van der Waals surface area contributed by atoms with Crippen molar-refractivity contribution in [3.05, 3.63) is 52.9 Å². The summed E-state index contributed by atoms with van der Waals surface area (Å²) in [6.07, 6.45) is 5.89. The van der Waals surface area contributed by atoms with Gasteiger partial charge in [-0.05, 0) is 50.8 Å². The first-order valence-corrected chi connectivity index (χ1v) is 11.3. The lowest BCUT2D eigenvalue weighted by molar-refractivity contribution is -0.123. The number of hydrogen-bond donors (Lipinski definition) is 1. The highest BCUT2D eigenvalue weighted by Gasteiger charge is 2.39. The quantitative estimate of drug-likeness (QED) is 0.510. The summed E-state index contributed by atoms with van der Waals surface area (Å²) in [4.78, 5) is 22.3. The molecule has 1 fully saturated rings. The van der Waals surface area contributed by atoms with Crippen molar-refractivity contribution < 1.29 is 9.32 Å². The van der Waals surface area contributed by atoms with Crippen molar-refractivity contribution in [1.82, 2.24) is 30.1 Å². The molecule has 166 valence electrons. The lowest BCUT2D eigenvalue weighted by Crippen LogP contribution is -2.48. The van der Waals surface area contributed by atoms with E-state index in [2.05, 4.69) is 15.5 Å². The third-order valence-electron chi connectivity index (χ3n) is 6.66. The van der Waals surface area contributed by atoms with Gasteiger partial charge in [0.15, 0.2) is 11.5 Å². The Kier molecular flexibility index (Phi) is 5.15. The summed E-state index contributed by atoms with van der Waals surface area (Å²) in [5.74, 6) is 1.12. The Bertz CT molecular complexity index is 1300. The Balaban J connectivity index is 1.38. The van der Waals surface area contributed by atoms with E-state index in [1.807, 2.05) is 42.6 Å². The standard InChI is InChI=1S/C24H28N6O2/c1-15-18(16(2)30-22(25-15)19-9-5-6-10-20(19)28-30)11-12-21(31)27-24(13-7-4-8-14-24)23-26-17(3)32-29-23/h5-6,9-10H,4,7-8,11-14H2,1-3H3,(H,27,31). The maximum atomic E-state index is 13.1. The van der Waals surface area contributed by atoms with Crippen molar-refractivity contribution in [2.24, 2.45) is 0 Å². The number of aryl methyl sites for hydroxylation is 3. The molecule has 4 aromatic rings. The summed E-state index contributed by atoms with van der Waals surface area (Å²) < 4.78 is 7.12. The number of aromatic nitrogens is 5. The van der Waals surface area contributed by atoms with Gasteiger partial charge in [-0.1, -0.05) is 36.6 Å². The minimum Gasteiger partial charge on any atom is -0.343 e. The Labute approximate surface area is 186 Å². The monoisotopic (exact) mass is 432 g/mol. The van der Waals surface area contributed by atoms with E-state index in [1.54, 1.807) is 6.92 Å². The van der Waals surface area contributed by atoms with Gasteiger partial charge in [-0.25, -0.2) is 9.50 Å². The Morgan fingerprint density at radius 1 is 1.12 bits per heavy atom. The van der Waals surface area contributed by atoms with Crippen LogP contribution in [0, 0.1) is 20.8 Å². The summed E-state index contributed by atoms with van der Waals surface area (Å²) in [6, 6.07) is 8.02. The van der Waals surface area contributed by atoms with Crippen LogP contribution >= 0.6 is 0 Å². The average Bonchev–Trinajstić information content (AvgIpc) is 3.39. The molecule has 32 heavy (non-hydrogen) atoms. The largest absolute Gasteiger partial charge is 0.343 e. The maximum absolute atomic E-state index is 13.1. The molecule has 0 radical (unpaired) electrons. The number of rotatable bonds is 5. The molecule has 3 heterocycles. The number of nitrogens with one attached hydrogen (secondary N) is 1. The number of hydrogen-bond acceptors (Lipinski definition) is 6. The molecular formula is C24H28N6O2. The summed E-state index contributed by atoms with van der Waals surface area (Å²) in [5, 5.41) is 13.2. The van der Waals surface area contributed by atoms with Crippen molar-refractivity contribution >= 4 is 22.5 Å². The third kappa shape index (κ3) is 3.53. The van der Waals surface area contributed by atoms with E-state index in [0.717, 1.165) is 65.6 Å². The molecule has 0 unspecified atom stereocenters. The zero-order valence-electron chi connectivity index (χ0n) is 18.8. The molecule has 3 aromatic heterocycles. The van der Waals surface area contributed by atoms with Crippen LogP contribution in [0.1, 0.15) is 67.2 Å². The summed E-state index contributed by atoms with van der Waals surface area (Å²) in [7, 11) is 0. The lowest BCUT2D eigenvalue weighted by Gasteiger charge is -2.35. The van der Waals surface area contributed by atoms with Gasteiger partial charge in [0.1, 0.15) is 5.54 Å². The van der Waals surface area contributed by atoms with Gasteiger partial charge in [0.2, 0.25) is 11.8 Å². The number of nitrogens with zero attached hydrogens (tertiary/aromatic N) is 5. The zero-order chi connectivity index (χ0) is 22.3. The van der Waals surface area contributed by atoms with Crippen molar-refractivity contribution in [1.29, 1.82) is 0 Å². The van der Waals surface area contributed by atoms with Crippen LogP contribution in [0.5, 0.6) is 0 Å². The molecule has 1 saturated carbocycles. The highest BCUT2D eigenvalue weighted by atomic mass is 16.5. The molecule has 1 aliphatic rings. The molecule has 0 spiro atoms. The molecule has 0 bridgehead atoms. The van der Waals surface area contributed by atoms with Gasteiger partial charge in [0, 0.05) is 30.1 Å². The molecule has 8 nitrogen and oxygen atoms in total. The van der Waals surface area contributed by atoms with E-state index in [4.69, 9.17) is 14.6 Å². The average molecular weight is 433 g/mol. The second kappa shape index (κ2) is 8.00. The van der Waals surface area contributed by atoms with Crippen molar-refractivity contribution in [2.75, 3.05) is 0 Å². The number of amides is 1. The summed E-state index contributed by atoms with van der Waals surface area (Å²) >= 11 is 0. The Morgan fingerprint density at radius 2 is 1.91 bits per heavy atom. The molecule has 5 rings (SSSR count). The number of benzene rings is 1. The lowest BCUT2D eigenvalue weighted by atomic mass is 9.80. The van der Waals surface area contributed by atoms with E-state index in [-0.39, 0.29) is 5.91 Å². The van der Waals surface area contributed by atoms with Gasteiger partial charge in [0.05, 0.1) is 5.52 Å². The van der Waals surface area contributed by atoms with E-state index in [1.165, 1.54) is 0 Å². The Morgan fingerprint density at radius 3 is 2.66 bits per heavy atom. The first-order valence-electron chi connectivity index (χ1n) is 11.3. The second-order valence-corrected chi connectivity index (χ2v) is 8.84. The van der Waals surface area contributed by atoms with E-state index in [0.29, 0.717) is 24.6 Å². The number of fused-ring (bicyclic) bond motifs is 3. The fourth-order valence-corrected chi connectivity index (χ4v) is 4.96. The van der Waals surface area contributed by atoms with Crippen molar-refractivity contribution in [3.8, 4) is 0 Å². The van der Waals surface area contributed by atoms with Crippen LogP contribution in [-0.4, -0.2) is 30.6 Å². The molecule has 1 aliphatic carbocycles. The van der Waals surface area contributed by atoms with Crippen molar-refractivity contribution in [2.45, 2.75) is 71.3 Å². The Hall–Kier alpha value is -3.29. The van der Waals surface area contributed by atoms with E-state index in [9.17, 15) is 4.79 Å². The fraction of sp³-hybridized carbons (Fsp3) is 0.458. The smallest absolute Gasteiger partial charge is 0.223 e. The molecule has 1 amide bonds. The predicted molar refractivity (Wildman–Crippen MR) is 120 cm³/mol. The molecule has 1 aromatic carbocycles. The maximum Gasteiger partial charge on any atom is 0.223 e. The van der Waals surface area contributed by atoms with Gasteiger partial charge in [-0.2, -0.15) is 10.1 Å². The fourth-order valence-electron chi connectivity index (χ4n) is 4.96. The number of carbonyl (C=O) groups is 1. The molecule has 0 atom stereocenters. The molecule has 1 N–H and O–H groups in total. The van der Waals surface area contributed by atoms with Crippen LogP contribution in [0.3, 0.4) is 0 Å². The third-order valence-corrected chi connectivity index (χ3v) is 6.66. The van der Waals surface area contributed by atoms with Gasteiger partial charge in [-0.3, -0.25) is 4.79 Å². The molecule has 8 heteroatoms. The topological polar surface area (TPSA) is 98.2 Å². The molecule has 0 aliphatic heterocycles. The highest BCUT2D eigenvalue weighted by Crippen LogP contribution is 2.36. The minimum absolute atomic E-state index is 0.00104. The van der Waals surface area contributed by atoms with Gasteiger partial charge in [-0.15, -0.1) is 0 Å². The van der Waals surface area contributed by atoms with Crippen molar-refractivity contribution in [3.63, 3.8) is 0 Å². The first kappa shape index (κ1) is 20.6. The predicted octanol–water partition coefficient (Wildman–Crippen LogP) is 4.10. The van der Waals surface area contributed by atoms with Crippen LogP contribution < -0.4 is 5.32 Å². The van der Waals surface area contributed by atoms with Gasteiger partial charge < -0.3 is 9.84 Å².